The van der Waals surface area contributed by atoms with Gasteiger partial charge in [-0.05, 0) is 24.1 Å². The zero-order chi connectivity index (χ0) is 13.8. The van der Waals surface area contributed by atoms with E-state index in [-0.39, 0.29) is 23.8 Å². The molecule has 1 saturated heterocycles. The molecule has 0 aromatic heterocycles. The fourth-order valence-corrected chi connectivity index (χ4v) is 1.92. The first-order valence-corrected chi connectivity index (χ1v) is 5.95. The normalized spacial score (nSPS) is 18.3. The maximum absolute atomic E-state index is 13.6. The number of hydrogen-bond donors (Lipinski definition) is 2. The summed E-state index contributed by atoms with van der Waals surface area (Å²) in [6.07, 6.45) is 0.280. The van der Waals surface area contributed by atoms with Gasteiger partial charge in [0.2, 0.25) is 5.91 Å². The highest BCUT2D eigenvalue weighted by atomic mass is 19.1. The standard InChI is InChI=1S/C13H14FNO4/c14-11-6-10(2-1-8(11)5-12(16)17)15-13(18)9-3-4-19-7-9/h1-2,6,9H,3-5,7H2,(H,15,18)(H,16,17)/t9-/m0/s1. The zero-order valence-corrected chi connectivity index (χ0v) is 10.2. The Morgan fingerprint density at radius 1 is 1.47 bits per heavy atom. The summed E-state index contributed by atoms with van der Waals surface area (Å²) < 4.78 is 18.7. The molecule has 1 fully saturated rings. The van der Waals surface area contributed by atoms with Crippen molar-refractivity contribution in [2.45, 2.75) is 12.8 Å². The van der Waals surface area contributed by atoms with Gasteiger partial charge in [-0.2, -0.15) is 0 Å². The summed E-state index contributed by atoms with van der Waals surface area (Å²) in [5.41, 5.74) is 0.415. The molecule has 1 aliphatic rings. The molecule has 19 heavy (non-hydrogen) atoms. The van der Waals surface area contributed by atoms with Crippen LogP contribution in [0.3, 0.4) is 0 Å². The van der Waals surface area contributed by atoms with E-state index in [1.54, 1.807) is 0 Å². The predicted octanol–water partition coefficient (Wildman–Crippen LogP) is 1.43. The molecule has 1 aromatic carbocycles. The number of carboxylic acids is 1. The minimum atomic E-state index is -1.10. The van der Waals surface area contributed by atoms with Crippen LogP contribution in [0.4, 0.5) is 10.1 Å². The van der Waals surface area contributed by atoms with E-state index in [0.717, 1.165) is 6.07 Å². The number of rotatable bonds is 4. The van der Waals surface area contributed by atoms with Crippen LogP contribution in [0, 0.1) is 11.7 Å². The second-order valence-electron chi connectivity index (χ2n) is 4.43. The third kappa shape index (κ3) is 3.51. The van der Waals surface area contributed by atoms with Crippen molar-refractivity contribution in [2.24, 2.45) is 5.92 Å². The van der Waals surface area contributed by atoms with Gasteiger partial charge in [-0.3, -0.25) is 9.59 Å². The fourth-order valence-electron chi connectivity index (χ4n) is 1.92. The van der Waals surface area contributed by atoms with Gasteiger partial charge in [-0.25, -0.2) is 4.39 Å². The highest BCUT2D eigenvalue weighted by molar-refractivity contribution is 5.92. The van der Waals surface area contributed by atoms with Crippen LogP contribution >= 0.6 is 0 Å². The molecule has 1 atom stereocenters. The Labute approximate surface area is 109 Å². The highest BCUT2D eigenvalue weighted by Gasteiger charge is 2.23. The zero-order valence-electron chi connectivity index (χ0n) is 10.2. The lowest BCUT2D eigenvalue weighted by atomic mass is 10.1. The summed E-state index contributed by atoms with van der Waals surface area (Å²) in [6.45, 7) is 0.940. The fraction of sp³-hybridized carbons (Fsp3) is 0.385. The van der Waals surface area contributed by atoms with Gasteiger partial charge in [0.25, 0.3) is 0 Å². The van der Waals surface area contributed by atoms with Gasteiger partial charge in [0, 0.05) is 12.3 Å². The van der Waals surface area contributed by atoms with Gasteiger partial charge >= 0.3 is 5.97 Å². The Hall–Kier alpha value is -1.95. The lowest BCUT2D eigenvalue weighted by molar-refractivity contribution is -0.136. The van der Waals surface area contributed by atoms with E-state index in [4.69, 9.17) is 9.84 Å². The average molecular weight is 267 g/mol. The van der Waals surface area contributed by atoms with Crippen LogP contribution in [0.5, 0.6) is 0 Å². The number of carbonyl (C=O) groups excluding carboxylic acids is 1. The molecule has 1 heterocycles. The summed E-state index contributed by atoms with van der Waals surface area (Å²) in [6, 6.07) is 3.99. The smallest absolute Gasteiger partial charge is 0.307 e. The van der Waals surface area contributed by atoms with Crippen molar-refractivity contribution in [3.63, 3.8) is 0 Å². The van der Waals surface area contributed by atoms with Crippen molar-refractivity contribution in [1.82, 2.24) is 0 Å². The second kappa shape index (κ2) is 5.79. The van der Waals surface area contributed by atoms with Crippen LogP contribution in [0.1, 0.15) is 12.0 Å². The number of amides is 1. The van der Waals surface area contributed by atoms with Gasteiger partial charge in [0.1, 0.15) is 5.82 Å². The largest absolute Gasteiger partial charge is 0.481 e. The van der Waals surface area contributed by atoms with Gasteiger partial charge in [-0.1, -0.05) is 6.07 Å². The van der Waals surface area contributed by atoms with Crippen LogP contribution in [0.2, 0.25) is 0 Å². The maximum Gasteiger partial charge on any atom is 0.307 e. The SMILES string of the molecule is O=C(O)Cc1ccc(NC(=O)[C@H]2CCOC2)cc1F. The van der Waals surface area contributed by atoms with Crippen molar-refractivity contribution in [3.05, 3.63) is 29.6 Å². The molecular weight excluding hydrogens is 253 g/mol. The lowest BCUT2D eigenvalue weighted by Gasteiger charge is -2.10. The molecule has 0 unspecified atom stereocenters. The molecule has 0 spiro atoms. The molecule has 102 valence electrons. The van der Waals surface area contributed by atoms with Gasteiger partial charge < -0.3 is 15.2 Å². The molecule has 5 nitrogen and oxygen atoms in total. The van der Waals surface area contributed by atoms with Gasteiger partial charge in [0.15, 0.2) is 0 Å². The number of halogens is 1. The van der Waals surface area contributed by atoms with Crippen molar-refractivity contribution < 1.29 is 23.8 Å². The molecule has 0 radical (unpaired) electrons. The van der Waals surface area contributed by atoms with Gasteiger partial charge in [-0.15, -0.1) is 0 Å². The second-order valence-corrected chi connectivity index (χ2v) is 4.43. The molecule has 0 saturated carbocycles. The molecule has 6 heteroatoms. The molecule has 0 aliphatic carbocycles. The van der Waals surface area contributed by atoms with Crippen molar-refractivity contribution >= 4 is 17.6 Å². The van der Waals surface area contributed by atoms with E-state index in [2.05, 4.69) is 5.32 Å². The molecule has 1 aromatic rings. The average Bonchev–Trinajstić information content (AvgIpc) is 2.86. The van der Waals surface area contributed by atoms with E-state index in [0.29, 0.717) is 25.3 Å². The Kier molecular flexibility index (Phi) is 4.11. The Bertz CT molecular complexity index is 497. The van der Waals surface area contributed by atoms with E-state index in [9.17, 15) is 14.0 Å². The van der Waals surface area contributed by atoms with Crippen LogP contribution in [0.25, 0.3) is 0 Å². The lowest BCUT2D eigenvalue weighted by Crippen LogP contribution is -2.22. The number of carboxylic acid groups (broad SMARTS) is 1. The van der Waals surface area contributed by atoms with E-state index in [1.165, 1.54) is 12.1 Å². The first-order chi connectivity index (χ1) is 9.06. The van der Waals surface area contributed by atoms with E-state index in [1.807, 2.05) is 0 Å². The van der Waals surface area contributed by atoms with Crippen LogP contribution in [0.15, 0.2) is 18.2 Å². The molecule has 0 bridgehead atoms. The summed E-state index contributed by atoms with van der Waals surface area (Å²) in [4.78, 5) is 22.3. The number of aliphatic carboxylic acids is 1. The van der Waals surface area contributed by atoms with Crippen LogP contribution in [-0.2, 0) is 20.7 Å². The first-order valence-electron chi connectivity index (χ1n) is 5.95. The maximum atomic E-state index is 13.6. The molecule has 2 rings (SSSR count). The Morgan fingerprint density at radius 2 is 2.26 bits per heavy atom. The molecule has 1 aliphatic heterocycles. The predicted molar refractivity (Wildman–Crippen MR) is 65.3 cm³/mol. The van der Waals surface area contributed by atoms with Gasteiger partial charge in [0.05, 0.1) is 18.9 Å². The first kappa shape index (κ1) is 13.5. The third-order valence-electron chi connectivity index (χ3n) is 2.96. The summed E-state index contributed by atoms with van der Waals surface area (Å²) >= 11 is 0. The van der Waals surface area contributed by atoms with E-state index < -0.39 is 11.8 Å². The van der Waals surface area contributed by atoms with Crippen LogP contribution in [-0.4, -0.2) is 30.2 Å². The minimum absolute atomic E-state index is 0.0923. The van der Waals surface area contributed by atoms with Crippen molar-refractivity contribution in [3.8, 4) is 0 Å². The summed E-state index contributed by atoms with van der Waals surface area (Å²) in [7, 11) is 0. The topological polar surface area (TPSA) is 75.6 Å². The number of nitrogens with one attached hydrogen (secondary N) is 1. The number of hydrogen-bond acceptors (Lipinski definition) is 3. The number of anilines is 1. The van der Waals surface area contributed by atoms with E-state index >= 15 is 0 Å². The Balaban J connectivity index is 2.03. The molecule has 2 N–H and O–H groups in total. The quantitative estimate of drug-likeness (QED) is 0.865. The van der Waals surface area contributed by atoms with Crippen molar-refractivity contribution in [1.29, 1.82) is 0 Å². The molecule has 1 amide bonds. The number of benzene rings is 1. The summed E-state index contributed by atoms with van der Waals surface area (Å²) in [5, 5.41) is 11.2. The molecular formula is C13H14FNO4. The van der Waals surface area contributed by atoms with Crippen LogP contribution < -0.4 is 5.32 Å². The minimum Gasteiger partial charge on any atom is -0.481 e. The highest BCUT2D eigenvalue weighted by Crippen LogP contribution is 2.18. The third-order valence-corrected chi connectivity index (χ3v) is 2.96. The summed E-state index contributed by atoms with van der Waals surface area (Å²) in [5.74, 6) is -2.15. The number of carbonyl (C=O) groups is 2. The number of ether oxygens (including phenoxy) is 1. The Morgan fingerprint density at radius 3 is 2.84 bits per heavy atom. The van der Waals surface area contributed by atoms with Crippen molar-refractivity contribution in [2.75, 3.05) is 18.5 Å². The monoisotopic (exact) mass is 267 g/mol.